The first-order valence-corrected chi connectivity index (χ1v) is 6.00. The van der Waals surface area contributed by atoms with Gasteiger partial charge in [0, 0.05) is 31.6 Å². The summed E-state index contributed by atoms with van der Waals surface area (Å²) in [5.41, 5.74) is 0. The Bertz CT molecular complexity index is 333. The van der Waals surface area contributed by atoms with Crippen molar-refractivity contribution < 1.29 is 14.7 Å². The molecule has 1 saturated carbocycles. The SMILES string of the molecule is C=CCN(C(=O)N1CC(CC(=O)O)C1)C1CC1. The largest absolute Gasteiger partial charge is 0.481 e. The first kappa shape index (κ1) is 12.0. The lowest BCUT2D eigenvalue weighted by atomic mass is 9.97. The predicted octanol–water partition coefficient (Wildman–Crippen LogP) is 1.16. The van der Waals surface area contributed by atoms with Gasteiger partial charge in [-0.2, -0.15) is 0 Å². The molecular weight excluding hydrogens is 220 g/mol. The molecular formula is C12H18N2O3. The molecule has 0 unspecified atom stereocenters. The predicted molar refractivity (Wildman–Crippen MR) is 62.6 cm³/mol. The zero-order chi connectivity index (χ0) is 12.4. The molecule has 0 bridgehead atoms. The molecule has 17 heavy (non-hydrogen) atoms. The van der Waals surface area contributed by atoms with Crippen molar-refractivity contribution in [3.63, 3.8) is 0 Å². The maximum atomic E-state index is 12.1. The number of urea groups is 1. The van der Waals surface area contributed by atoms with Gasteiger partial charge in [0.15, 0.2) is 0 Å². The Kier molecular flexibility index (Phi) is 3.36. The van der Waals surface area contributed by atoms with E-state index in [-0.39, 0.29) is 18.4 Å². The van der Waals surface area contributed by atoms with Gasteiger partial charge in [0.1, 0.15) is 0 Å². The Morgan fingerprint density at radius 2 is 2.06 bits per heavy atom. The summed E-state index contributed by atoms with van der Waals surface area (Å²) >= 11 is 0. The average molecular weight is 238 g/mol. The molecule has 0 spiro atoms. The Hall–Kier alpha value is -1.52. The van der Waals surface area contributed by atoms with Crippen LogP contribution in [0.25, 0.3) is 0 Å². The van der Waals surface area contributed by atoms with E-state index in [2.05, 4.69) is 6.58 Å². The van der Waals surface area contributed by atoms with Crippen LogP contribution in [0.5, 0.6) is 0 Å². The molecule has 0 aromatic rings. The fraction of sp³-hybridized carbons (Fsp3) is 0.667. The monoisotopic (exact) mass is 238 g/mol. The Labute approximate surface area is 101 Å². The minimum Gasteiger partial charge on any atom is -0.481 e. The van der Waals surface area contributed by atoms with Crippen molar-refractivity contribution in [2.75, 3.05) is 19.6 Å². The Balaban J connectivity index is 1.80. The van der Waals surface area contributed by atoms with Crippen LogP contribution in [-0.4, -0.2) is 52.6 Å². The normalized spacial score (nSPS) is 19.6. The van der Waals surface area contributed by atoms with Crippen molar-refractivity contribution in [3.05, 3.63) is 12.7 Å². The van der Waals surface area contributed by atoms with Crippen molar-refractivity contribution >= 4 is 12.0 Å². The molecule has 1 saturated heterocycles. The minimum absolute atomic E-state index is 0.0361. The van der Waals surface area contributed by atoms with Gasteiger partial charge in [-0.3, -0.25) is 4.79 Å². The van der Waals surface area contributed by atoms with E-state index < -0.39 is 5.97 Å². The summed E-state index contributed by atoms with van der Waals surface area (Å²) in [4.78, 5) is 26.2. The Morgan fingerprint density at radius 1 is 1.41 bits per heavy atom. The lowest BCUT2D eigenvalue weighted by molar-refractivity contribution is -0.139. The number of hydrogen-bond acceptors (Lipinski definition) is 2. The van der Waals surface area contributed by atoms with Gasteiger partial charge in [0.2, 0.25) is 0 Å². The van der Waals surface area contributed by atoms with Crippen LogP contribution < -0.4 is 0 Å². The summed E-state index contributed by atoms with van der Waals surface area (Å²) in [5, 5.41) is 8.64. The highest BCUT2D eigenvalue weighted by Gasteiger charge is 2.39. The number of carboxylic acids is 1. The van der Waals surface area contributed by atoms with Gasteiger partial charge in [-0.1, -0.05) is 6.08 Å². The highest BCUT2D eigenvalue weighted by molar-refractivity contribution is 5.76. The van der Waals surface area contributed by atoms with Gasteiger partial charge in [0.05, 0.1) is 6.42 Å². The summed E-state index contributed by atoms with van der Waals surface area (Å²) in [6.45, 7) is 5.40. The number of amides is 2. The van der Waals surface area contributed by atoms with Crippen LogP contribution in [0.2, 0.25) is 0 Å². The zero-order valence-electron chi connectivity index (χ0n) is 9.84. The van der Waals surface area contributed by atoms with Crippen LogP contribution in [0.3, 0.4) is 0 Å². The van der Waals surface area contributed by atoms with Crippen molar-refractivity contribution in [3.8, 4) is 0 Å². The third-order valence-corrected chi connectivity index (χ3v) is 3.25. The number of carboxylic acid groups (broad SMARTS) is 1. The van der Waals surface area contributed by atoms with Crippen LogP contribution >= 0.6 is 0 Å². The molecule has 0 radical (unpaired) electrons. The zero-order valence-corrected chi connectivity index (χ0v) is 9.84. The summed E-state index contributed by atoms with van der Waals surface area (Å²) < 4.78 is 0. The second-order valence-corrected chi connectivity index (χ2v) is 4.82. The van der Waals surface area contributed by atoms with Gasteiger partial charge in [-0.25, -0.2) is 4.79 Å². The molecule has 1 N–H and O–H groups in total. The first-order chi connectivity index (χ1) is 8.11. The topological polar surface area (TPSA) is 60.9 Å². The summed E-state index contributed by atoms with van der Waals surface area (Å²) in [6, 6.07) is 0.410. The number of rotatable bonds is 5. The van der Waals surface area contributed by atoms with Gasteiger partial charge in [-0.05, 0) is 12.8 Å². The molecule has 1 aliphatic heterocycles. The van der Waals surface area contributed by atoms with E-state index in [0.717, 1.165) is 12.8 Å². The second-order valence-electron chi connectivity index (χ2n) is 4.82. The van der Waals surface area contributed by atoms with E-state index in [9.17, 15) is 9.59 Å². The smallest absolute Gasteiger partial charge is 0.320 e. The molecule has 94 valence electrons. The van der Waals surface area contributed by atoms with Gasteiger partial charge < -0.3 is 14.9 Å². The molecule has 0 aromatic carbocycles. The average Bonchev–Trinajstić information content (AvgIpc) is 3.01. The molecule has 1 aliphatic carbocycles. The molecule has 0 aromatic heterocycles. The van der Waals surface area contributed by atoms with E-state index in [1.807, 2.05) is 4.90 Å². The van der Waals surface area contributed by atoms with Gasteiger partial charge in [-0.15, -0.1) is 6.58 Å². The molecule has 1 heterocycles. The van der Waals surface area contributed by atoms with Crippen molar-refractivity contribution in [1.82, 2.24) is 9.80 Å². The fourth-order valence-electron chi connectivity index (χ4n) is 2.19. The maximum absolute atomic E-state index is 12.1. The molecule has 2 aliphatic rings. The van der Waals surface area contributed by atoms with E-state index in [1.165, 1.54) is 0 Å². The van der Waals surface area contributed by atoms with Crippen molar-refractivity contribution in [2.45, 2.75) is 25.3 Å². The van der Waals surface area contributed by atoms with E-state index in [1.54, 1.807) is 11.0 Å². The number of hydrogen-bond donors (Lipinski definition) is 1. The number of likely N-dealkylation sites (tertiary alicyclic amines) is 1. The first-order valence-electron chi connectivity index (χ1n) is 6.00. The molecule has 2 rings (SSSR count). The van der Waals surface area contributed by atoms with Gasteiger partial charge >= 0.3 is 12.0 Å². The van der Waals surface area contributed by atoms with Crippen LogP contribution in [0, 0.1) is 5.92 Å². The lowest BCUT2D eigenvalue weighted by Gasteiger charge is -2.41. The van der Waals surface area contributed by atoms with E-state index >= 15 is 0 Å². The summed E-state index contributed by atoms with van der Waals surface area (Å²) in [6.07, 6.45) is 4.05. The van der Waals surface area contributed by atoms with Crippen LogP contribution in [0.1, 0.15) is 19.3 Å². The highest BCUT2D eigenvalue weighted by atomic mass is 16.4. The quantitative estimate of drug-likeness (QED) is 0.731. The molecule has 0 atom stereocenters. The molecule has 2 fully saturated rings. The summed E-state index contributed by atoms with van der Waals surface area (Å²) in [7, 11) is 0. The van der Waals surface area contributed by atoms with Crippen LogP contribution in [0.4, 0.5) is 4.79 Å². The minimum atomic E-state index is -0.785. The second kappa shape index (κ2) is 4.77. The number of carbonyl (C=O) groups is 2. The number of nitrogens with zero attached hydrogens (tertiary/aromatic N) is 2. The highest BCUT2D eigenvalue weighted by Crippen LogP contribution is 2.29. The molecule has 5 nitrogen and oxygen atoms in total. The summed E-state index contributed by atoms with van der Waals surface area (Å²) in [5.74, 6) is -0.659. The van der Waals surface area contributed by atoms with Gasteiger partial charge in [0.25, 0.3) is 0 Å². The third kappa shape index (κ3) is 2.78. The third-order valence-electron chi connectivity index (χ3n) is 3.25. The number of aliphatic carboxylic acids is 1. The van der Waals surface area contributed by atoms with Crippen molar-refractivity contribution in [1.29, 1.82) is 0 Å². The van der Waals surface area contributed by atoms with Crippen molar-refractivity contribution in [2.24, 2.45) is 5.92 Å². The number of carbonyl (C=O) groups excluding carboxylic acids is 1. The van der Waals surface area contributed by atoms with E-state index in [4.69, 9.17) is 5.11 Å². The van der Waals surface area contributed by atoms with E-state index in [0.29, 0.717) is 25.7 Å². The van der Waals surface area contributed by atoms with Crippen LogP contribution in [0.15, 0.2) is 12.7 Å². The Morgan fingerprint density at radius 3 is 2.53 bits per heavy atom. The lowest BCUT2D eigenvalue weighted by Crippen LogP contribution is -2.55. The fourth-order valence-corrected chi connectivity index (χ4v) is 2.19. The standard InChI is InChI=1S/C12H18N2O3/c1-2-5-14(10-3-4-10)12(17)13-7-9(8-13)6-11(15)16/h2,9-10H,1,3-8H2,(H,15,16). The maximum Gasteiger partial charge on any atom is 0.320 e. The molecule has 2 amide bonds. The molecule has 5 heteroatoms. The van der Waals surface area contributed by atoms with Crippen LogP contribution in [-0.2, 0) is 4.79 Å².